The first-order valence-electron chi connectivity index (χ1n) is 3.98. The molecule has 0 aromatic carbocycles. The molecule has 0 amide bonds. The van der Waals surface area contributed by atoms with Gasteiger partial charge in [0.25, 0.3) is 0 Å². The van der Waals surface area contributed by atoms with E-state index in [0.29, 0.717) is 5.92 Å². The monoisotopic (exact) mass is 143 g/mol. The molecule has 0 spiro atoms. The molecule has 0 heteroatoms. The fourth-order valence-corrected chi connectivity index (χ4v) is 1.51. The summed E-state index contributed by atoms with van der Waals surface area (Å²) in [4.78, 5) is 0. The van der Waals surface area contributed by atoms with Crippen molar-refractivity contribution in [3.8, 4) is 0 Å². The maximum Gasteiger partial charge on any atom is 0.0128 e. The summed E-state index contributed by atoms with van der Waals surface area (Å²) < 4.78 is 0. The van der Waals surface area contributed by atoms with Gasteiger partial charge in [0.05, 0.1) is 0 Å². The van der Waals surface area contributed by atoms with Gasteiger partial charge in [0.2, 0.25) is 0 Å². The SMILES string of the molecule is CC1C=CC=CC2=C1C=C[CH]2. The standard InChI is InChI=1S/C11H11/c1-9-5-2-3-6-10-7-4-8-11(9)10/h2-9H,1H3. The molecule has 2 aliphatic rings. The zero-order chi connectivity index (χ0) is 7.68. The Hall–Kier alpha value is -1.04. The smallest absolute Gasteiger partial charge is 0.0128 e. The van der Waals surface area contributed by atoms with Crippen LogP contribution in [0.4, 0.5) is 0 Å². The Morgan fingerprint density at radius 1 is 1.09 bits per heavy atom. The van der Waals surface area contributed by atoms with Crippen molar-refractivity contribution in [1.82, 2.24) is 0 Å². The van der Waals surface area contributed by atoms with Gasteiger partial charge in [-0.15, -0.1) is 0 Å². The van der Waals surface area contributed by atoms with E-state index in [1.54, 1.807) is 0 Å². The quantitative estimate of drug-likeness (QED) is 0.489. The molecule has 0 fully saturated rings. The highest BCUT2D eigenvalue weighted by Gasteiger charge is 2.12. The Morgan fingerprint density at radius 3 is 2.91 bits per heavy atom. The molecule has 11 heavy (non-hydrogen) atoms. The van der Waals surface area contributed by atoms with E-state index in [0.717, 1.165) is 0 Å². The third-order valence-electron chi connectivity index (χ3n) is 2.16. The first kappa shape index (κ1) is 6.66. The third kappa shape index (κ3) is 1.09. The van der Waals surface area contributed by atoms with Gasteiger partial charge < -0.3 is 0 Å². The van der Waals surface area contributed by atoms with Crippen molar-refractivity contribution < 1.29 is 0 Å². The van der Waals surface area contributed by atoms with Crippen LogP contribution < -0.4 is 0 Å². The van der Waals surface area contributed by atoms with Crippen LogP contribution in [-0.2, 0) is 0 Å². The Kier molecular flexibility index (Phi) is 1.54. The lowest BCUT2D eigenvalue weighted by Gasteiger charge is -2.05. The summed E-state index contributed by atoms with van der Waals surface area (Å²) in [6.07, 6.45) is 15.1. The molecule has 0 N–H and O–H groups in total. The highest BCUT2D eigenvalue weighted by Crippen LogP contribution is 2.28. The molecule has 2 aliphatic carbocycles. The Morgan fingerprint density at radius 2 is 2.00 bits per heavy atom. The van der Waals surface area contributed by atoms with Gasteiger partial charge >= 0.3 is 0 Å². The molecule has 0 aromatic rings. The van der Waals surface area contributed by atoms with Crippen molar-refractivity contribution >= 4 is 0 Å². The molecule has 0 aromatic heterocycles. The van der Waals surface area contributed by atoms with E-state index >= 15 is 0 Å². The summed E-state index contributed by atoms with van der Waals surface area (Å²) in [5.41, 5.74) is 2.80. The van der Waals surface area contributed by atoms with E-state index in [4.69, 9.17) is 0 Å². The first-order valence-corrected chi connectivity index (χ1v) is 3.98. The number of hydrogen-bond acceptors (Lipinski definition) is 0. The van der Waals surface area contributed by atoms with E-state index < -0.39 is 0 Å². The summed E-state index contributed by atoms with van der Waals surface area (Å²) >= 11 is 0. The van der Waals surface area contributed by atoms with Gasteiger partial charge in [-0.05, 0) is 17.1 Å². The average Bonchev–Trinajstić information content (AvgIpc) is 2.40. The zero-order valence-corrected chi connectivity index (χ0v) is 6.62. The predicted molar refractivity (Wildman–Crippen MR) is 47.9 cm³/mol. The van der Waals surface area contributed by atoms with Crippen LogP contribution in [0.15, 0.2) is 47.6 Å². The summed E-state index contributed by atoms with van der Waals surface area (Å²) in [5.74, 6) is 0.565. The highest BCUT2D eigenvalue weighted by atomic mass is 14.2. The van der Waals surface area contributed by atoms with E-state index in [-0.39, 0.29) is 0 Å². The summed E-state index contributed by atoms with van der Waals surface area (Å²) in [5, 5.41) is 0. The van der Waals surface area contributed by atoms with Crippen molar-refractivity contribution in [1.29, 1.82) is 0 Å². The Balaban J connectivity index is 2.42. The second-order valence-electron chi connectivity index (χ2n) is 2.97. The van der Waals surface area contributed by atoms with Gasteiger partial charge in [0.15, 0.2) is 0 Å². The summed E-state index contributed by atoms with van der Waals surface area (Å²) in [6.45, 7) is 2.22. The topological polar surface area (TPSA) is 0 Å². The molecule has 2 rings (SSSR count). The molecule has 0 saturated heterocycles. The van der Waals surface area contributed by atoms with Gasteiger partial charge in [-0.3, -0.25) is 0 Å². The van der Waals surface area contributed by atoms with E-state index in [2.05, 4.69) is 49.8 Å². The molecule has 1 radical (unpaired) electrons. The van der Waals surface area contributed by atoms with Gasteiger partial charge in [-0.2, -0.15) is 0 Å². The van der Waals surface area contributed by atoms with Gasteiger partial charge in [-0.25, -0.2) is 0 Å². The van der Waals surface area contributed by atoms with Crippen LogP contribution in [0.3, 0.4) is 0 Å². The van der Waals surface area contributed by atoms with Crippen LogP contribution in [0.2, 0.25) is 0 Å². The second-order valence-corrected chi connectivity index (χ2v) is 2.97. The largest absolute Gasteiger partial charge is 0.0773 e. The molecule has 0 saturated carbocycles. The summed E-state index contributed by atoms with van der Waals surface area (Å²) in [6, 6.07) is 0. The van der Waals surface area contributed by atoms with E-state index in [1.807, 2.05) is 0 Å². The fourth-order valence-electron chi connectivity index (χ4n) is 1.51. The Labute approximate surface area is 67.6 Å². The van der Waals surface area contributed by atoms with E-state index in [9.17, 15) is 0 Å². The molecular formula is C11H11. The number of rotatable bonds is 0. The number of allylic oxidation sites excluding steroid dienone is 8. The Bertz CT molecular complexity index is 274. The van der Waals surface area contributed by atoms with Crippen LogP contribution >= 0.6 is 0 Å². The zero-order valence-electron chi connectivity index (χ0n) is 6.62. The number of hydrogen-bond donors (Lipinski definition) is 0. The van der Waals surface area contributed by atoms with Crippen LogP contribution in [0.25, 0.3) is 0 Å². The van der Waals surface area contributed by atoms with Crippen molar-refractivity contribution in [2.45, 2.75) is 6.92 Å². The maximum atomic E-state index is 2.22. The van der Waals surface area contributed by atoms with Gasteiger partial charge in [-0.1, -0.05) is 43.4 Å². The first-order chi connectivity index (χ1) is 5.38. The normalized spacial score (nSPS) is 27.5. The molecule has 55 valence electrons. The van der Waals surface area contributed by atoms with Gasteiger partial charge in [0, 0.05) is 6.42 Å². The third-order valence-corrected chi connectivity index (χ3v) is 2.16. The lowest BCUT2D eigenvalue weighted by atomic mass is 9.99. The van der Waals surface area contributed by atoms with Crippen LogP contribution in [0.1, 0.15) is 6.92 Å². The van der Waals surface area contributed by atoms with Gasteiger partial charge in [0.1, 0.15) is 0 Å². The highest BCUT2D eigenvalue weighted by molar-refractivity contribution is 5.51. The second kappa shape index (κ2) is 2.54. The molecule has 0 bridgehead atoms. The maximum absolute atomic E-state index is 2.22. The van der Waals surface area contributed by atoms with Crippen LogP contribution in [-0.4, -0.2) is 0 Å². The van der Waals surface area contributed by atoms with Crippen LogP contribution in [0, 0.1) is 12.3 Å². The molecule has 1 unspecified atom stereocenters. The lowest BCUT2D eigenvalue weighted by Crippen LogP contribution is -1.92. The lowest BCUT2D eigenvalue weighted by molar-refractivity contribution is 0.891. The molecular weight excluding hydrogens is 132 g/mol. The molecule has 0 aliphatic heterocycles. The summed E-state index contributed by atoms with van der Waals surface area (Å²) in [7, 11) is 0. The van der Waals surface area contributed by atoms with Crippen molar-refractivity contribution in [2.75, 3.05) is 0 Å². The molecule has 1 atom stereocenters. The minimum atomic E-state index is 0.565. The fraction of sp³-hybridized carbons (Fsp3) is 0.182. The molecule has 0 nitrogen and oxygen atoms in total. The van der Waals surface area contributed by atoms with Crippen LogP contribution in [0.5, 0.6) is 0 Å². The van der Waals surface area contributed by atoms with Crippen molar-refractivity contribution in [2.24, 2.45) is 5.92 Å². The predicted octanol–water partition coefficient (Wildman–Crippen LogP) is 2.82. The minimum absolute atomic E-state index is 0.565. The van der Waals surface area contributed by atoms with Crippen molar-refractivity contribution in [3.05, 3.63) is 54.0 Å². The van der Waals surface area contributed by atoms with Crippen molar-refractivity contribution in [3.63, 3.8) is 0 Å². The van der Waals surface area contributed by atoms with E-state index in [1.165, 1.54) is 11.1 Å². The molecule has 0 heterocycles. The average molecular weight is 143 g/mol. The minimum Gasteiger partial charge on any atom is -0.0773 e.